The molecule has 2 aliphatic rings. The number of carbonyl (C=O) groups is 2. The van der Waals surface area contributed by atoms with Gasteiger partial charge in [0.1, 0.15) is 17.3 Å². The van der Waals surface area contributed by atoms with E-state index >= 15 is 0 Å². The van der Waals surface area contributed by atoms with Gasteiger partial charge in [-0.3, -0.25) is 19.0 Å². The van der Waals surface area contributed by atoms with Crippen LogP contribution in [0.25, 0.3) is 16.6 Å². The first kappa shape index (κ1) is 22.6. The lowest BCUT2D eigenvalue weighted by atomic mass is 9.89. The van der Waals surface area contributed by atoms with Gasteiger partial charge in [-0.25, -0.2) is 4.98 Å². The van der Waals surface area contributed by atoms with Crippen LogP contribution in [0.15, 0.2) is 76.3 Å². The van der Waals surface area contributed by atoms with Crippen LogP contribution in [-0.4, -0.2) is 53.5 Å². The number of benzene rings is 2. The van der Waals surface area contributed by atoms with Crippen molar-refractivity contribution in [2.24, 2.45) is 0 Å². The lowest BCUT2D eigenvalue weighted by Gasteiger charge is -2.31. The van der Waals surface area contributed by atoms with Crippen molar-refractivity contribution in [3.8, 4) is 11.4 Å². The van der Waals surface area contributed by atoms with Gasteiger partial charge in [0.25, 0.3) is 11.5 Å². The summed E-state index contributed by atoms with van der Waals surface area (Å²) in [4.78, 5) is 45.8. The molecule has 0 atom stereocenters. The molecule has 2 heterocycles. The Kier molecular flexibility index (Phi) is 5.94. The van der Waals surface area contributed by atoms with Crippen LogP contribution in [0.3, 0.4) is 0 Å². The van der Waals surface area contributed by atoms with Crippen molar-refractivity contribution in [1.29, 1.82) is 0 Å². The van der Waals surface area contributed by atoms with Crippen LogP contribution in [0.1, 0.15) is 18.7 Å². The van der Waals surface area contributed by atoms with Gasteiger partial charge in [-0.05, 0) is 55.3 Å². The summed E-state index contributed by atoms with van der Waals surface area (Å²) >= 11 is 0. The Morgan fingerprint density at radius 1 is 0.971 bits per heavy atom. The van der Waals surface area contributed by atoms with Crippen molar-refractivity contribution in [1.82, 2.24) is 14.5 Å². The number of rotatable bonds is 6. The van der Waals surface area contributed by atoms with Crippen molar-refractivity contribution < 1.29 is 19.1 Å². The van der Waals surface area contributed by atoms with E-state index in [1.54, 1.807) is 54.1 Å². The average Bonchev–Trinajstić information content (AvgIpc) is 2.89. The molecule has 0 saturated carbocycles. The normalized spacial score (nSPS) is 15.8. The molecule has 2 aromatic carbocycles. The van der Waals surface area contributed by atoms with Crippen LogP contribution < -0.4 is 10.3 Å². The highest BCUT2D eigenvalue weighted by molar-refractivity contribution is 6.13. The summed E-state index contributed by atoms with van der Waals surface area (Å²) in [7, 11) is 3.09. The summed E-state index contributed by atoms with van der Waals surface area (Å²) in [6.45, 7) is 0.244. The Morgan fingerprint density at radius 2 is 1.74 bits per heavy atom. The van der Waals surface area contributed by atoms with Crippen LogP contribution >= 0.6 is 0 Å². The summed E-state index contributed by atoms with van der Waals surface area (Å²) in [6, 6.07) is 14.3. The first-order valence-corrected chi connectivity index (χ1v) is 11.5. The number of aromatic nitrogens is 2. The third-order valence-electron chi connectivity index (χ3n) is 6.45. The Balaban J connectivity index is 1.51. The fourth-order valence-electron chi connectivity index (χ4n) is 4.68. The third kappa shape index (κ3) is 4.01. The molecule has 0 bridgehead atoms. The number of nitrogens with zero attached hydrogens (tertiary/aromatic N) is 3. The highest BCUT2D eigenvalue weighted by Crippen LogP contribution is 2.31. The summed E-state index contributed by atoms with van der Waals surface area (Å²) in [5, 5.41) is 0.503. The second-order valence-electron chi connectivity index (χ2n) is 8.45. The SMILES string of the molecule is COC1=CCCC2=C1C(=O)N(CCc1nc3ccccc3c(=O)n1-c1ccc(OC)cc1)CC2=O. The van der Waals surface area contributed by atoms with Gasteiger partial charge in [-0.15, -0.1) is 0 Å². The van der Waals surface area contributed by atoms with Crippen molar-refractivity contribution in [3.63, 3.8) is 0 Å². The van der Waals surface area contributed by atoms with E-state index in [9.17, 15) is 14.4 Å². The van der Waals surface area contributed by atoms with Gasteiger partial charge in [0.05, 0.1) is 42.9 Å². The van der Waals surface area contributed by atoms with Gasteiger partial charge in [0.2, 0.25) is 0 Å². The zero-order valence-corrected chi connectivity index (χ0v) is 19.6. The van der Waals surface area contributed by atoms with Crippen LogP contribution in [0, 0.1) is 0 Å². The lowest BCUT2D eigenvalue weighted by molar-refractivity contribution is -0.133. The molecule has 178 valence electrons. The predicted molar refractivity (Wildman–Crippen MR) is 131 cm³/mol. The van der Waals surface area contributed by atoms with Crippen LogP contribution in [0.5, 0.6) is 5.75 Å². The molecule has 0 unspecified atom stereocenters. The Bertz CT molecular complexity index is 1450. The van der Waals surface area contributed by atoms with E-state index < -0.39 is 0 Å². The first-order chi connectivity index (χ1) is 17.0. The van der Waals surface area contributed by atoms with Gasteiger partial charge in [0.15, 0.2) is 5.78 Å². The number of para-hydroxylation sites is 1. The zero-order valence-electron chi connectivity index (χ0n) is 19.6. The van der Waals surface area contributed by atoms with Gasteiger partial charge >= 0.3 is 0 Å². The van der Waals surface area contributed by atoms with Crippen molar-refractivity contribution in [3.05, 3.63) is 87.7 Å². The van der Waals surface area contributed by atoms with Gasteiger partial charge in [0, 0.05) is 18.5 Å². The van der Waals surface area contributed by atoms with E-state index in [0.29, 0.717) is 64.3 Å². The predicted octanol–water partition coefficient (Wildman–Crippen LogP) is 2.97. The molecule has 1 aromatic heterocycles. The van der Waals surface area contributed by atoms with E-state index in [0.717, 1.165) is 0 Å². The molecule has 8 nitrogen and oxygen atoms in total. The van der Waals surface area contributed by atoms with Crippen LogP contribution in [-0.2, 0) is 20.7 Å². The van der Waals surface area contributed by atoms with E-state index in [-0.39, 0.29) is 30.3 Å². The molecule has 0 spiro atoms. The fraction of sp³-hybridized carbons (Fsp3) is 0.259. The largest absolute Gasteiger partial charge is 0.497 e. The molecule has 1 aliphatic heterocycles. The highest BCUT2D eigenvalue weighted by atomic mass is 16.5. The lowest BCUT2D eigenvalue weighted by Crippen LogP contribution is -2.44. The van der Waals surface area contributed by atoms with Gasteiger partial charge in [-0.1, -0.05) is 12.1 Å². The average molecular weight is 472 g/mol. The van der Waals surface area contributed by atoms with Crippen molar-refractivity contribution >= 4 is 22.6 Å². The molecule has 8 heteroatoms. The summed E-state index contributed by atoms with van der Waals surface area (Å²) < 4.78 is 12.2. The summed E-state index contributed by atoms with van der Waals surface area (Å²) in [5.41, 5.74) is 1.93. The maximum atomic E-state index is 13.5. The van der Waals surface area contributed by atoms with E-state index in [1.807, 2.05) is 12.1 Å². The topological polar surface area (TPSA) is 90.7 Å². The number of fused-ring (bicyclic) bond motifs is 1. The molecular weight excluding hydrogens is 446 g/mol. The number of allylic oxidation sites excluding steroid dienone is 1. The Labute approximate surface area is 202 Å². The molecule has 3 aromatic rings. The Morgan fingerprint density at radius 3 is 2.49 bits per heavy atom. The second-order valence-corrected chi connectivity index (χ2v) is 8.45. The van der Waals surface area contributed by atoms with Crippen LogP contribution in [0.4, 0.5) is 0 Å². The number of amides is 1. The molecule has 5 rings (SSSR count). The smallest absolute Gasteiger partial charge is 0.265 e. The molecule has 35 heavy (non-hydrogen) atoms. The molecule has 0 N–H and O–H groups in total. The molecule has 0 radical (unpaired) electrons. The number of ether oxygens (including phenoxy) is 2. The number of Topliss-reactive ketones (excluding diaryl/α,β-unsaturated/α-hetero) is 1. The first-order valence-electron chi connectivity index (χ1n) is 11.5. The summed E-state index contributed by atoms with van der Waals surface area (Å²) in [5.74, 6) is 1.33. The molecule has 0 fully saturated rings. The van der Waals surface area contributed by atoms with E-state index in [1.165, 1.54) is 12.0 Å². The maximum Gasteiger partial charge on any atom is 0.265 e. The number of hydrogen-bond acceptors (Lipinski definition) is 6. The van der Waals surface area contributed by atoms with Crippen LogP contribution in [0.2, 0.25) is 0 Å². The van der Waals surface area contributed by atoms with Crippen molar-refractivity contribution in [2.45, 2.75) is 19.3 Å². The van der Waals surface area contributed by atoms with E-state index in [4.69, 9.17) is 14.5 Å². The molecule has 0 saturated heterocycles. The van der Waals surface area contributed by atoms with E-state index in [2.05, 4.69) is 0 Å². The quantitative estimate of drug-likeness (QED) is 0.549. The third-order valence-corrected chi connectivity index (χ3v) is 6.45. The second kappa shape index (κ2) is 9.21. The molecule has 1 amide bonds. The molecular formula is C27H25N3O5. The number of ketones is 1. The number of methoxy groups -OCH3 is 2. The minimum Gasteiger partial charge on any atom is -0.497 e. The zero-order chi connectivity index (χ0) is 24.5. The van der Waals surface area contributed by atoms with Crippen molar-refractivity contribution in [2.75, 3.05) is 27.3 Å². The molecule has 1 aliphatic carbocycles. The number of carbonyl (C=O) groups excluding carboxylic acids is 2. The monoisotopic (exact) mass is 471 g/mol. The highest BCUT2D eigenvalue weighted by Gasteiger charge is 2.36. The fourth-order valence-corrected chi connectivity index (χ4v) is 4.68. The number of hydrogen-bond donors (Lipinski definition) is 0. The van der Waals surface area contributed by atoms with Gasteiger partial charge in [-0.2, -0.15) is 0 Å². The Hall–Kier alpha value is -4.20. The maximum absolute atomic E-state index is 13.5. The minimum atomic E-state index is -0.230. The summed E-state index contributed by atoms with van der Waals surface area (Å²) in [6.07, 6.45) is 3.36. The minimum absolute atomic E-state index is 0.00894. The van der Waals surface area contributed by atoms with Gasteiger partial charge < -0.3 is 14.4 Å². The standard InChI is InChI=1S/C27H25N3O5/c1-34-18-12-10-17(11-13-18)30-24(28-21-8-4-3-6-19(21)26(30)32)14-15-29-16-22(31)20-7-5-9-23(35-2)25(20)27(29)33/h3-4,6,8-13H,5,7,14-16H2,1-2H3.